The van der Waals surface area contributed by atoms with Crippen LogP contribution < -0.4 is 20.1 Å². The zero-order chi connectivity index (χ0) is 29.7. The number of anilines is 2. The second kappa shape index (κ2) is 12.6. The van der Waals surface area contributed by atoms with Crippen LogP contribution in [0.5, 0.6) is 11.6 Å². The molecule has 11 nitrogen and oxygen atoms in total. The molecule has 0 unspecified atom stereocenters. The van der Waals surface area contributed by atoms with Crippen molar-refractivity contribution in [1.82, 2.24) is 20.3 Å². The van der Waals surface area contributed by atoms with Gasteiger partial charge >= 0.3 is 6.09 Å². The fourth-order valence-corrected chi connectivity index (χ4v) is 6.38. The van der Waals surface area contributed by atoms with Crippen LogP contribution in [0.3, 0.4) is 0 Å². The van der Waals surface area contributed by atoms with Crippen LogP contribution in [0.2, 0.25) is 0 Å². The molecule has 0 aliphatic heterocycles. The minimum Gasteiger partial charge on any atom is -0.465 e. The number of hydrogen-bond donors (Lipinski definition) is 4. The number of fused-ring (bicyclic) bond motifs is 1. The molecule has 0 radical (unpaired) electrons. The zero-order valence-corrected chi connectivity index (χ0v) is 24.3. The van der Waals surface area contributed by atoms with Gasteiger partial charge in [-0.3, -0.25) is 4.72 Å². The van der Waals surface area contributed by atoms with Crippen molar-refractivity contribution in [3.8, 4) is 22.9 Å². The molecule has 1 aliphatic rings. The molecular formula is C30H34N6O5S. The van der Waals surface area contributed by atoms with Gasteiger partial charge in [0.15, 0.2) is 0 Å². The topological polar surface area (TPSA) is 155 Å². The highest BCUT2D eigenvalue weighted by atomic mass is 32.2. The van der Waals surface area contributed by atoms with Gasteiger partial charge in [-0.1, -0.05) is 31.2 Å². The Bertz CT molecular complexity index is 1690. The Morgan fingerprint density at radius 2 is 1.76 bits per heavy atom. The summed E-state index contributed by atoms with van der Waals surface area (Å²) in [5, 5.41) is 16.4. The summed E-state index contributed by atoms with van der Waals surface area (Å²) in [6.45, 7) is 3.75. The molecule has 2 aromatic carbocycles. The highest BCUT2D eigenvalue weighted by Crippen LogP contribution is 2.39. The van der Waals surface area contributed by atoms with E-state index < -0.39 is 16.1 Å². The zero-order valence-electron chi connectivity index (χ0n) is 23.5. The first-order valence-corrected chi connectivity index (χ1v) is 15.6. The van der Waals surface area contributed by atoms with Gasteiger partial charge in [-0.25, -0.2) is 28.2 Å². The molecule has 12 heteroatoms. The SMILES string of the molecule is CCCS(=O)(=O)Nc1cccc2c(Oc3ncccc3-c3ccnc(N[C@H]4CC[C@H](NC(=O)O)CC4)n3)c(C)ccc12. The molecule has 42 heavy (non-hydrogen) atoms. The number of sulfonamides is 1. The average Bonchev–Trinajstić information content (AvgIpc) is 2.96. The minimum absolute atomic E-state index is 0.0342. The van der Waals surface area contributed by atoms with Gasteiger partial charge < -0.3 is 20.5 Å². The summed E-state index contributed by atoms with van der Waals surface area (Å²) in [5.74, 6) is 1.44. The van der Waals surface area contributed by atoms with Crippen molar-refractivity contribution < 1.29 is 23.1 Å². The molecule has 0 bridgehead atoms. The van der Waals surface area contributed by atoms with Gasteiger partial charge in [-0.2, -0.15) is 0 Å². The quantitative estimate of drug-likeness (QED) is 0.176. The molecule has 2 heterocycles. The Labute approximate surface area is 244 Å². The first-order chi connectivity index (χ1) is 20.2. The first-order valence-electron chi connectivity index (χ1n) is 14.0. The van der Waals surface area contributed by atoms with E-state index in [9.17, 15) is 13.2 Å². The molecule has 0 spiro atoms. The number of carboxylic acid groups (broad SMARTS) is 1. The van der Waals surface area contributed by atoms with Crippen molar-refractivity contribution in [3.63, 3.8) is 0 Å². The molecule has 2 aromatic heterocycles. The normalized spacial score (nSPS) is 17.0. The van der Waals surface area contributed by atoms with E-state index in [-0.39, 0.29) is 17.8 Å². The third kappa shape index (κ3) is 6.88. The number of ether oxygens (including phenoxy) is 1. The van der Waals surface area contributed by atoms with Gasteiger partial charge in [0.2, 0.25) is 21.9 Å². The second-order valence-electron chi connectivity index (χ2n) is 10.4. The number of carbonyl (C=O) groups is 1. The highest BCUT2D eigenvalue weighted by molar-refractivity contribution is 7.92. The molecule has 1 saturated carbocycles. The lowest BCUT2D eigenvalue weighted by Gasteiger charge is -2.28. The molecule has 5 rings (SSSR count). The Kier molecular flexibility index (Phi) is 8.72. The molecule has 220 valence electrons. The van der Waals surface area contributed by atoms with Crippen LogP contribution in [-0.4, -0.2) is 52.4 Å². The van der Waals surface area contributed by atoms with Crippen molar-refractivity contribution in [3.05, 3.63) is 66.5 Å². The van der Waals surface area contributed by atoms with E-state index in [0.717, 1.165) is 42.0 Å². The van der Waals surface area contributed by atoms with E-state index in [1.807, 2.05) is 44.2 Å². The number of aromatic nitrogens is 3. The predicted molar refractivity (Wildman–Crippen MR) is 163 cm³/mol. The van der Waals surface area contributed by atoms with Crippen LogP contribution in [-0.2, 0) is 10.0 Å². The largest absolute Gasteiger partial charge is 0.465 e. The van der Waals surface area contributed by atoms with Crippen molar-refractivity contribution in [2.24, 2.45) is 0 Å². The maximum Gasteiger partial charge on any atom is 0.404 e. The van der Waals surface area contributed by atoms with Crippen molar-refractivity contribution in [2.45, 2.75) is 58.0 Å². The van der Waals surface area contributed by atoms with Gasteiger partial charge in [-0.05, 0) is 68.9 Å². The second-order valence-corrected chi connectivity index (χ2v) is 12.2. The summed E-state index contributed by atoms with van der Waals surface area (Å²) in [5.41, 5.74) is 2.66. The van der Waals surface area contributed by atoms with E-state index in [1.54, 1.807) is 30.6 Å². The summed E-state index contributed by atoms with van der Waals surface area (Å²) in [6.07, 6.45) is 5.94. The monoisotopic (exact) mass is 590 g/mol. The average molecular weight is 591 g/mol. The third-order valence-electron chi connectivity index (χ3n) is 7.24. The number of hydrogen-bond acceptors (Lipinski definition) is 8. The molecular weight excluding hydrogens is 556 g/mol. The number of pyridine rings is 1. The van der Waals surface area contributed by atoms with E-state index in [4.69, 9.17) is 14.8 Å². The van der Waals surface area contributed by atoms with Crippen molar-refractivity contribution in [1.29, 1.82) is 0 Å². The molecule has 1 fully saturated rings. The van der Waals surface area contributed by atoms with Crippen LogP contribution >= 0.6 is 0 Å². The van der Waals surface area contributed by atoms with Crippen molar-refractivity contribution >= 4 is 38.5 Å². The fourth-order valence-electron chi connectivity index (χ4n) is 5.23. The molecule has 4 N–H and O–H groups in total. The van der Waals surface area contributed by atoms with E-state index in [0.29, 0.717) is 40.9 Å². The smallest absolute Gasteiger partial charge is 0.404 e. The maximum atomic E-state index is 12.5. The van der Waals surface area contributed by atoms with E-state index in [2.05, 4.69) is 25.3 Å². The van der Waals surface area contributed by atoms with E-state index in [1.165, 1.54) is 0 Å². The summed E-state index contributed by atoms with van der Waals surface area (Å²) in [7, 11) is -3.47. The number of nitrogens with one attached hydrogen (secondary N) is 3. The first kappa shape index (κ1) is 29.1. The van der Waals surface area contributed by atoms with Gasteiger partial charge in [0.25, 0.3) is 0 Å². The van der Waals surface area contributed by atoms with Crippen molar-refractivity contribution in [2.75, 3.05) is 15.8 Å². The maximum absolute atomic E-state index is 12.5. The van der Waals surface area contributed by atoms with Gasteiger partial charge in [0.05, 0.1) is 22.7 Å². The summed E-state index contributed by atoms with van der Waals surface area (Å²) in [6, 6.07) is 14.8. The summed E-state index contributed by atoms with van der Waals surface area (Å²) < 4.78 is 34.2. The van der Waals surface area contributed by atoms with Gasteiger partial charge in [0, 0.05) is 35.2 Å². The Hall–Kier alpha value is -4.45. The third-order valence-corrected chi connectivity index (χ3v) is 8.71. The van der Waals surface area contributed by atoms with Crippen LogP contribution in [0, 0.1) is 6.92 Å². The lowest BCUT2D eigenvalue weighted by molar-refractivity contribution is 0.185. The Morgan fingerprint density at radius 3 is 2.52 bits per heavy atom. The predicted octanol–water partition coefficient (Wildman–Crippen LogP) is 5.93. The Balaban J connectivity index is 1.40. The van der Waals surface area contributed by atoms with Gasteiger partial charge in [-0.15, -0.1) is 0 Å². The van der Waals surface area contributed by atoms with Crippen LogP contribution in [0.4, 0.5) is 16.4 Å². The number of benzene rings is 2. The highest BCUT2D eigenvalue weighted by Gasteiger charge is 2.23. The molecule has 1 aliphatic carbocycles. The molecule has 0 atom stereocenters. The Morgan fingerprint density at radius 1 is 0.976 bits per heavy atom. The summed E-state index contributed by atoms with van der Waals surface area (Å²) in [4.78, 5) is 24.6. The van der Waals surface area contributed by atoms with Gasteiger partial charge in [0.1, 0.15) is 5.75 Å². The summed E-state index contributed by atoms with van der Waals surface area (Å²) >= 11 is 0. The van der Waals surface area contributed by atoms with Crippen LogP contribution in [0.1, 0.15) is 44.6 Å². The van der Waals surface area contributed by atoms with Crippen LogP contribution in [0.15, 0.2) is 60.9 Å². The lowest BCUT2D eigenvalue weighted by Crippen LogP contribution is -2.39. The van der Waals surface area contributed by atoms with Crippen LogP contribution in [0.25, 0.3) is 22.0 Å². The molecule has 0 saturated heterocycles. The number of aryl methyl sites for hydroxylation is 1. The number of amides is 1. The fraction of sp³-hybridized carbons (Fsp3) is 0.333. The lowest BCUT2D eigenvalue weighted by atomic mass is 9.91. The number of nitrogens with zero attached hydrogens (tertiary/aromatic N) is 3. The molecule has 1 amide bonds. The number of rotatable bonds is 10. The molecule has 4 aromatic rings. The van der Waals surface area contributed by atoms with E-state index >= 15 is 0 Å². The minimum atomic E-state index is -3.47. The standard InChI is InChI=1S/C30H34N6O5S/c1-3-18-42(39,40)36-26-8-4-6-23-22(26)14-9-19(2)27(23)41-28-24(7-5-16-31-28)25-15-17-32-29(35-25)33-20-10-12-21(13-11-20)34-30(37)38/h4-9,14-17,20-21,34,36H,3,10-13,18H2,1-2H3,(H,37,38)(H,32,33,35)/t20-,21-.